The Morgan fingerprint density at radius 3 is 2.40 bits per heavy atom. The molecule has 2 N–H and O–H groups in total. The molecule has 0 aromatic carbocycles. The highest BCUT2D eigenvalue weighted by atomic mass is 32.2. The van der Waals surface area contributed by atoms with Gasteiger partial charge in [-0.15, -0.1) is 0 Å². The van der Waals surface area contributed by atoms with Crippen LogP contribution in [0, 0.1) is 0 Å². The first-order valence-electron chi connectivity index (χ1n) is 7.89. The third-order valence-electron chi connectivity index (χ3n) is 3.86. The highest BCUT2D eigenvalue weighted by Gasteiger charge is 2.29. The highest BCUT2D eigenvalue weighted by Crippen LogP contribution is 2.24. The van der Waals surface area contributed by atoms with E-state index in [1.807, 2.05) is 6.92 Å². The first-order chi connectivity index (χ1) is 9.61. The van der Waals surface area contributed by atoms with E-state index in [0.717, 1.165) is 32.1 Å². The van der Waals surface area contributed by atoms with Crippen molar-refractivity contribution in [2.45, 2.75) is 57.9 Å². The number of hydrogen-bond acceptors (Lipinski definition) is 4. The Hall–Kier alpha value is -0.170. The van der Waals surface area contributed by atoms with Crippen LogP contribution >= 0.6 is 0 Å². The molecular weight excluding hydrogens is 276 g/mol. The standard InChI is InChI=1S/C14H30N2O3S/c1-2-19-12-13-20(17,18)16(11-7-10-15)14-8-5-3-4-6-9-14/h14H,2-13,15H2,1H3. The van der Waals surface area contributed by atoms with E-state index in [1.54, 1.807) is 4.31 Å². The number of rotatable bonds is 9. The molecule has 0 heterocycles. The van der Waals surface area contributed by atoms with Crippen molar-refractivity contribution in [2.75, 3.05) is 32.1 Å². The zero-order valence-corrected chi connectivity index (χ0v) is 13.5. The number of ether oxygens (including phenoxy) is 1. The lowest BCUT2D eigenvalue weighted by molar-refractivity contribution is 0.161. The Morgan fingerprint density at radius 1 is 1.20 bits per heavy atom. The third-order valence-corrected chi connectivity index (χ3v) is 5.74. The van der Waals surface area contributed by atoms with Crippen LogP contribution in [-0.4, -0.2) is 50.8 Å². The second-order valence-electron chi connectivity index (χ2n) is 5.41. The molecule has 0 unspecified atom stereocenters. The fourth-order valence-electron chi connectivity index (χ4n) is 2.77. The quantitative estimate of drug-likeness (QED) is 0.520. The molecule has 0 aromatic rings. The minimum Gasteiger partial charge on any atom is -0.381 e. The SMILES string of the molecule is CCOCCS(=O)(=O)N(CCCN)C1CCCCCC1. The molecule has 1 fully saturated rings. The second-order valence-corrected chi connectivity index (χ2v) is 7.45. The Morgan fingerprint density at radius 2 is 1.85 bits per heavy atom. The first kappa shape index (κ1) is 17.9. The summed E-state index contributed by atoms with van der Waals surface area (Å²) in [6.07, 6.45) is 7.40. The summed E-state index contributed by atoms with van der Waals surface area (Å²) in [5.74, 6) is 0.0852. The fourth-order valence-corrected chi connectivity index (χ4v) is 4.40. The van der Waals surface area contributed by atoms with Crippen LogP contribution in [0.25, 0.3) is 0 Å². The van der Waals surface area contributed by atoms with Gasteiger partial charge >= 0.3 is 0 Å². The van der Waals surface area contributed by atoms with Gasteiger partial charge in [0.1, 0.15) is 0 Å². The molecule has 1 aliphatic carbocycles. The van der Waals surface area contributed by atoms with Crippen LogP contribution in [0.15, 0.2) is 0 Å². The van der Waals surface area contributed by atoms with Crippen LogP contribution in [0.1, 0.15) is 51.9 Å². The minimum atomic E-state index is -3.23. The largest absolute Gasteiger partial charge is 0.381 e. The molecule has 0 saturated heterocycles. The summed E-state index contributed by atoms with van der Waals surface area (Å²) < 4.78 is 32.0. The predicted octanol–water partition coefficient (Wildman–Crippen LogP) is 1.73. The van der Waals surface area contributed by atoms with E-state index in [0.29, 0.717) is 19.7 Å². The van der Waals surface area contributed by atoms with Gasteiger partial charge in [0.05, 0.1) is 12.4 Å². The first-order valence-corrected chi connectivity index (χ1v) is 9.50. The van der Waals surface area contributed by atoms with Gasteiger partial charge in [-0.05, 0) is 32.7 Å². The summed E-state index contributed by atoms with van der Waals surface area (Å²) in [5.41, 5.74) is 5.56. The van der Waals surface area contributed by atoms with Crippen molar-refractivity contribution in [3.05, 3.63) is 0 Å². The molecule has 0 amide bonds. The lowest BCUT2D eigenvalue weighted by atomic mass is 10.1. The zero-order chi connectivity index (χ0) is 14.8. The zero-order valence-electron chi connectivity index (χ0n) is 12.7. The van der Waals surface area contributed by atoms with E-state index >= 15 is 0 Å². The molecule has 1 rings (SSSR count). The lowest BCUT2D eigenvalue weighted by Crippen LogP contribution is -2.43. The summed E-state index contributed by atoms with van der Waals surface area (Å²) in [7, 11) is -3.23. The molecule has 5 nitrogen and oxygen atoms in total. The molecule has 0 bridgehead atoms. The molecule has 0 spiro atoms. The van der Waals surface area contributed by atoms with Crippen molar-refractivity contribution in [3.63, 3.8) is 0 Å². The molecule has 0 aromatic heterocycles. The molecule has 0 atom stereocenters. The van der Waals surface area contributed by atoms with Crippen LogP contribution in [0.2, 0.25) is 0 Å². The van der Waals surface area contributed by atoms with Crippen LogP contribution in [0.3, 0.4) is 0 Å². The van der Waals surface area contributed by atoms with E-state index < -0.39 is 10.0 Å². The smallest absolute Gasteiger partial charge is 0.216 e. The van der Waals surface area contributed by atoms with Gasteiger partial charge in [0.25, 0.3) is 0 Å². The molecule has 0 radical (unpaired) electrons. The van der Waals surface area contributed by atoms with Gasteiger partial charge in [0, 0.05) is 19.2 Å². The van der Waals surface area contributed by atoms with Crippen molar-refractivity contribution in [2.24, 2.45) is 5.73 Å². The summed E-state index contributed by atoms with van der Waals surface area (Å²) >= 11 is 0. The van der Waals surface area contributed by atoms with Crippen molar-refractivity contribution in [1.82, 2.24) is 4.31 Å². The molecule has 120 valence electrons. The summed E-state index contributed by atoms with van der Waals surface area (Å²) in [6, 6.07) is 0.163. The van der Waals surface area contributed by atoms with Gasteiger partial charge in [-0.3, -0.25) is 0 Å². The van der Waals surface area contributed by atoms with E-state index in [9.17, 15) is 8.42 Å². The van der Waals surface area contributed by atoms with Gasteiger partial charge in [-0.2, -0.15) is 4.31 Å². The topological polar surface area (TPSA) is 72.6 Å². The van der Waals surface area contributed by atoms with Gasteiger partial charge in [-0.1, -0.05) is 25.7 Å². The number of sulfonamides is 1. The summed E-state index contributed by atoms with van der Waals surface area (Å²) in [4.78, 5) is 0. The van der Waals surface area contributed by atoms with Gasteiger partial charge in [-0.25, -0.2) is 8.42 Å². The average molecular weight is 306 g/mol. The highest BCUT2D eigenvalue weighted by molar-refractivity contribution is 7.89. The van der Waals surface area contributed by atoms with Crippen LogP contribution in [-0.2, 0) is 14.8 Å². The van der Waals surface area contributed by atoms with Gasteiger partial charge < -0.3 is 10.5 Å². The van der Waals surface area contributed by atoms with Crippen LogP contribution < -0.4 is 5.73 Å². The maximum atomic E-state index is 12.5. The molecule has 1 aliphatic rings. The monoisotopic (exact) mass is 306 g/mol. The lowest BCUT2D eigenvalue weighted by Gasteiger charge is -2.30. The van der Waals surface area contributed by atoms with Gasteiger partial charge in [0.2, 0.25) is 10.0 Å². The Kier molecular flexibility index (Phi) is 8.68. The number of nitrogens with two attached hydrogens (primary N) is 1. The fraction of sp³-hybridized carbons (Fsp3) is 1.00. The third kappa shape index (κ3) is 6.08. The number of hydrogen-bond donors (Lipinski definition) is 1. The Labute approximate surface area is 123 Å². The molecule has 1 saturated carbocycles. The predicted molar refractivity (Wildman–Crippen MR) is 82.1 cm³/mol. The average Bonchev–Trinajstić information content (AvgIpc) is 2.68. The number of nitrogens with zero attached hydrogens (tertiary/aromatic N) is 1. The van der Waals surface area contributed by atoms with Crippen molar-refractivity contribution < 1.29 is 13.2 Å². The van der Waals surface area contributed by atoms with Crippen molar-refractivity contribution in [1.29, 1.82) is 0 Å². The van der Waals surface area contributed by atoms with Crippen molar-refractivity contribution >= 4 is 10.0 Å². The maximum absolute atomic E-state index is 12.5. The van der Waals surface area contributed by atoms with E-state index in [2.05, 4.69) is 0 Å². The molecule has 20 heavy (non-hydrogen) atoms. The van der Waals surface area contributed by atoms with Gasteiger partial charge in [0.15, 0.2) is 0 Å². The summed E-state index contributed by atoms with van der Waals surface area (Å²) in [6.45, 7) is 3.80. The Balaban J connectivity index is 2.69. The molecule has 0 aliphatic heterocycles. The van der Waals surface area contributed by atoms with Crippen LogP contribution in [0.5, 0.6) is 0 Å². The normalized spacial score (nSPS) is 18.4. The van der Waals surface area contributed by atoms with E-state index in [4.69, 9.17) is 10.5 Å². The molecule has 6 heteroatoms. The van der Waals surface area contributed by atoms with E-state index in [-0.39, 0.29) is 18.4 Å². The Bertz CT molecular complexity index is 338. The molecular formula is C14H30N2O3S. The summed E-state index contributed by atoms with van der Waals surface area (Å²) in [5, 5.41) is 0. The minimum absolute atomic E-state index is 0.0852. The van der Waals surface area contributed by atoms with Crippen molar-refractivity contribution in [3.8, 4) is 0 Å². The van der Waals surface area contributed by atoms with Crippen LogP contribution in [0.4, 0.5) is 0 Å². The maximum Gasteiger partial charge on any atom is 0.216 e. The van der Waals surface area contributed by atoms with E-state index in [1.165, 1.54) is 12.8 Å². The second kappa shape index (κ2) is 9.71.